The maximum Gasteiger partial charge on any atom is 0.317 e. The zero-order chi connectivity index (χ0) is 15.0. The number of nitrogens with one attached hydrogen (secondary N) is 1. The van der Waals surface area contributed by atoms with Gasteiger partial charge in [0.25, 0.3) is 0 Å². The van der Waals surface area contributed by atoms with E-state index in [1.54, 1.807) is 18.2 Å². The second-order valence-corrected chi connectivity index (χ2v) is 5.69. The van der Waals surface area contributed by atoms with Crippen molar-refractivity contribution in [3.63, 3.8) is 0 Å². The third-order valence-electron chi connectivity index (χ3n) is 4.23. The Balaban J connectivity index is 1.54. The number of aliphatic carboxylic acids is 1. The number of nitrogens with zero attached hydrogens (tertiary/aromatic N) is 1. The van der Waals surface area contributed by atoms with Crippen LogP contribution in [0.15, 0.2) is 24.3 Å². The molecule has 21 heavy (non-hydrogen) atoms. The van der Waals surface area contributed by atoms with Gasteiger partial charge in [-0.1, -0.05) is 18.2 Å². The fourth-order valence-corrected chi connectivity index (χ4v) is 2.87. The van der Waals surface area contributed by atoms with E-state index in [1.807, 2.05) is 0 Å². The maximum atomic E-state index is 13.6. The molecule has 1 aromatic carbocycles. The Kier molecular flexibility index (Phi) is 3.53. The molecule has 0 aromatic heterocycles. The van der Waals surface area contributed by atoms with Crippen LogP contribution in [0.25, 0.3) is 0 Å². The van der Waals surface area contributed by atoms with Gasteiger partial charge in [0.05, 0.1) is 5.92 Å². The minimum absolute atomic E-state index is 0.0213. The zero-order valence-electron chi connectivity index (χ0n) is 11.5. The van der Waals surface area contributed by atoms with Gasteiger partial charge in [-0.25, -0.2) is 9.18 Å². The van der Waals surface area contributed by atoms with Crippen molar-refractivity contribution in [2.24, 2.45) is 5.92 Å². The number of carboxylic acid groups (broad SMARTS) is 1. The summed E-state index contributed by atoms with van der Waals surface area (Å²) in [5.41, 5.74) is 0.632. The molecule has 6 heteroatoms. The van der Waals surface area contributed by atoms with Crippen LogP contribution in [0.3, 0.4) is 0 Å². The van der Waals surface area contributed by atoms with Crippen LogP contribution in [-0.2, 0) is 4.79 Å². The van der Waals surface area contributed by atoms with Crippen molar-refractivity contribution in [3.05, 3.63) is 35.6 Å². The number of amides is 2. The highest BCUT2D eigenvalue weighted by Crippen LogP contribution is 2.41. The van der Waals surface area contributed by atoms with Gasteiger partial charge in [0.2, 0.25) is 0 Å². The molecule has 1 saturated carbocycles. The molecule has 2 fully saturated rings. The van der Waals surface area contributed by atoms with Gasteiger partial charge >= 0.3 is 12.0 Å². The van der Waals surface area contributed by atoms with Crippen molar-refractivity contribution in [2.75, 3.05) is 13.1 Å². The highest BCUT2D eigenvalue weighted by molar-refractivity contribution is 5.78. The van der Waals surface area contributed by atoms with Crippen LogP contribution in [0.1, 0.15) is 24.3 Å². The lowest BCUT2D eigenvalue weighted by atomic mass is 10.1. The van der Waals surface area contributed by atoms with E-state index in [0.29, 0.717) is 18.5 Å². The van der Waals surface area contributed by atoms with Crippen LogP contribution in [0.5, 0.6) is 0 Å². The Morgan fingerprint density at radius 3 is 2.76 bits per heavy atom. The van der Waals surface area contributed by atoms with E-state index in [2.05, 4.69) is 5.32 Å². The van der Waals surface area contributed by atoms with Gasteiger partial charge < -0.3 is 15.3 Å². The highest BCUT2D eigenvalue weighted by Gasteiger charge is 2.42. The zero-order valence-corrected chi connectivity index (χ0v) is 11.5. The van der Waals surface area contributed by atoms with Crippen molar-refractivity contribution < 1.29 is 19.1 Å². The smallest absolute Gasteiger partial charge is 0.317 e. The number of halogens is 1. The molecule has 2 aliphatic rings. The van der Waals surface area contributed by atoms with Crippen molar-refractivity contribution in [1.29, 1.82) is 0 Å². The van der Waals surface area contributed by atoms with Crippen molar-refractivity contribution in [3.8, 4) is 0 Å². The average molecular weight is 292 g/mol. The summed E-state index contributed by atoms with van der Waals surface area (Å²) < 4.78 is 13.6. The molecule has 2 N–H and O–H groups in total. The number of rotatable bonds is 3. The fourth-order valence-electron chi connectivity index (χ4n) is 2.87. The summed E-state index contributed by atoms with van der Waals surface area (Å²) in [5, 5.41) is 11.8. The molecule has 1 aliphatic carbocycles. The van der Waals surface area contributed by atoms with Crippen LogP contribution in [0.2, 0.25) is 0 Å². The SMILES string of the molecule is O=C(O)C1CCN(C(=O)N[C@@H]2C[C@H]2c2ccccc2F)C1. The summed E-state index contributed by atoms with van der Waals surface area (Å²) in [4.78, 5) is 24.5. The molecule has 3 rings (SSSR count). The lowest BCUT2D eigenvalue weighted by Crippen LogP contribution is -2.40. The molecule has 0 bridgehead atoms. The quantitative estimate of drug-likeness (QED) is 0.892. The molecule has 0 radical (unpaired) electrons. The number of hydrogen-bond donors (Lipinski definition) is 2. The predicted octanol–water partition coefficient (Wildman–Crippen LogP) is 1.80. The summed E-state index contributed by atoms with van der Waals surface area (Å²) in [6.07, 6.45) is 1.22. The first-order valence-corrected chi connectivity index (χ1v) is 7.09. The molecule has 1 unspecified atom stereocenters. The molecule has 3 atom stereocenters. The average Bonchev–Trinajstić information content (AvgIpc) is 3.02. The Labute approximate surface area is 121 Å². The number of benzene rings is 1. The Bertz CT molecular complexity index is 578. The second-order valence-electron chi connectivity index (χ2n) is 5.69. The second kappa shape index (κ2) is 5.35. The van der Waals surface area contributed by atoms with Crippen molar-refractivity contribution in [1.82, 2.24) is 10.2 Å². The summed E-state index contributed by atoms with van der Waals surface area (Å²) >= 11 is 0. The van der Waals surface area contributed by atoms with Crippen LogP contribution < -0.4 is 5.32 Å². The van der Waals surface area contributed by atoms with Gasteiger partial charge in [0.1, 0.15) is 5.82 Å². The van der Waals surface area contributed by atoms with E-state index in [0.717, 1.165) is 6.42 Å². The van der Waals surface area contributed by atoms with E-state index in [-0.39, 0.29) is 30.4 Å². The maximum absolute atomic E-state index is 13.6. The van der Waals surface area contributed by atoms with Gasteiger partial charge in [0.15, 0.2) is 0 Å². The van der Waals surface area contributed by atoms with E-state index in [9.17, 15) is 14.0 Å². The molecule has 1 saturated heterocycles. The van der Waals surface area contributed by atoms with E-state index < -0.39 is 11.9 Å². The first kappa shape index (κ1) is 13.9. The summed E-state index contributed by atoms with van der Waals surface area (Å²) in [5.74, 6) is -1.56. The first-order valence-electron chi connectivity index (χ1n) is 7.09. The largest absolute Gasteiger partial charge is 0.481 e. The van der Waals surface area contributed by atoms with Gasteiger partial charge in [-0.15, -0.1) is 0 Å². The minimum atomic E-state index is -0.860. The summed E-state index contributed by atoms with van der Waals surface area (Å²) in [6, 6.07) is 6.28. The number of carbonyl (C=O) groups is 2. The van der Waals surface area contributed by atoms with E-state index in [4.69, 9.17) is 5.11 Å². The topological polar surface area (TPSA) is 69.6 Å². The van der Waals surface area contributed by atoms with Crippen molar-refractivity contribution in [2.45, 2.75) is 24.8 Å². The minimum Gasteiger partial charge on any atom is -0.481 e. The molecule has 1 aliphatic heterocycles. The van der Waals surface area contributed by atoms with Crippen LogP contribution in [0, 0.1) is 11.7 Å². The molecular formula is C15H17FN2O3. The fraction of sp³-hybridized carbons (Fsp3) is 0.467. The number of urea groups is 1. The molecule has 1 heterocycles. The summed E-state index contributed by atoms with van der Waals surface area (Å²) in [6.45, 7) is 0.706. The standard InChI is InChI=1S/C15H17FN2O3/c16-12-4-2-1-3-10(12)11-7-13(11)17-15(21)18-6-5-9(8-18)14(19)20/h1-4,9,11,13H,5-8H2,(H,17,21)(H,19,20)/t9?,11-,13+/m0/s1. The molecule has 0 spiro atoms. The van der Waals surface area contributed by atoms with E-state index >= 15 is 0 Å². The number of hydrogen-bond acceptors (Lipinski definition) is 2. The highest BCUT2D eigenvalue weighted by atomic mass is 19.1. The van der Waals surface area contributed by atoms with Gasteiger partial charge in [-0.05, 0) is 24.5 Å². The molecule has 2 amide bonds. The Morgan fingerprint density at radius 2 is 2.10 bits per heavy atom. The molecule has 1 aromatic rings. The van der Waals surface area contributed by atoms with Crippen LogP contribution in [0.4, 0.5) is 9.18 Å². The Hall–Kier alpha value is -2.11. The van der Waals surface area contributed by atoms with Crippen molar-refractivity contribution >= 4 is 12.0 Å². The number of likely N-dealkylation sites (tertiary alicyclic amines) is 1. The van der Waals surface area contributed by atoms with Crippen LogP contribution in [-0.4, -0.2) is 41.1 Å². The monoisotopic (exact) mass is 292 g/mol. The van der Waals surface area contributed by atoms with Crippen LogP contribution >= 0.6 is 0 Å². The third kappa shape index (κ3) is 2.84. The molecular weight excluding hydrogens is 275 g/mol. The first-order chi connectivity index (χ1) is 10.1. The lowest BCUT2D eigenvalue weighted by Gasteiger charge is -2.16. The van der Waals surface area contributed by atoms with E-state index in [1.165, 1.54) is 11.0 Å². The lowest BCUT2D eigenvalue weighted by molar-refractivity contribution is -0.141. The number of carbonyl (C=O) groups excluding carboxylic acids is 1. The third-order valence-corrected chi connectivity index (χ3v) is 4.23. The van der Waals surface area contributed by atoms with Gasteiger partial charge in [-0.3, -0.25) is 4.79 Å². The summed E-state index contributed by atoms with van der Waals surface area (Å²) in [7, 11) is 0. The van der Waals surface area contributed by atoms with Gasteiger partial charge in [0, 0.05) is 25.0 Å². The normalized spacial score (nSPS) is 27.5. The Morgan fingerprint density at radius 1 is 1.33 bits per heavy atom. The van der Waals surface area contributed by atoms with Gasteiger partial charge in [-0.2, -0.15) is 0 Å². The predicted molar refractivity (Wildman–Crippen MR) is 73.4 cm³/mol. The number of carboxylic acids is 1. The molecule has 5 nitrogen and oxygen atoms in total. The molecule has 112 valence electrons.